The summed E-state index contributed by atoms with van der Waals surface area (Å²) in [6.45, 7) is 1.65. The van der Waals surface area contributed by atoms with Crippen LogP contribution in [0.5, 0.6) is 0 Å². The fourth-order valence-electron chi connectivity index (χ4n) is 0.667. The topological polar surface area (TPSA) is 80.9 Å². The van der Waals surface area contributed by atoms with Crippen molar-refractivity contribution >= 4 is 0 Å². The van der Waals surface area contributed by atoms with Gasteiger partial charge in [-0.1, -0.05) is 0 Å². The van der Waals surface area contributed by atoms with Crippen molar-refractivity contribution in [2.75, 3.05) is 6.61 Å². The van der Waals surface area contributed by atoms with Crippen molar-refractivity contribution in [1.82, 2.24) is 0 Å². The van der Waals surface area contributed by atoms with E-state index in [9.17, 15) is 0 Å². The van der Waals surface area contributed by atoms with E-state index in [2.05, 4.69) is 0 Å². The van der Waals surface area contributed by atoms with E-state index in [1.165, 1.54) is 6.92 Å². The van der Waals surface area contributed by atoms with Crippen molar-refractivity contribution < 1.29 is 20.4 Å². The van der Waals surface area contributed by atoms with Crippen molar-refractivity contribution in [2.24, 2.45) is 5.92 Å². The van der Waals surface area contributed by atoms with Crippen LogP contribution < -0.4 is 0 Å². The molecule has 0 bridgehead atoms. The first-order chi connectivity index (χ1) is 4.63. The molecular weight excluding hydrogens is 136 g/mol. The van der Waals surface area contributed by atoms with Crippen molar-refractivity contribution in [2.45, 2.75) is 19.1 Å². The van der Waals surface area contributed by atoms with Gasteiger partial charge in [-0.05, 0) is 6.92 Å². The molecule has 0 aromatic rings. The SMILES string of the molecule is CC(O)C([CH]O)C(O)CO. The molecule has 0 fully saturated rings. The molecule has 3 unspecified atom stereocenters. The fraction of sp³-hybridized carbons (Fsp3) is 0.833. The van der Waals surface area contributed by atoms with Crippen LogP contribution in [-0.4, -0.2) is 39.2 Å². The van der Waals surface area contributed by atoms with Gasteiger partial charge in [-0.3, -0.25) is 0 Å². The zero-order chi connectivity index (χ0) is 8.15. The first kappa shape index (κ1) is 9.84. The Bertz CT molecular complexity index is 83.8. The van der Waals surface area contributed by atoms with E-state index in [4.69, 9.17) is 20.4 Å². The Morgan fingerprint density at radius 1 is 1.40 bits per heavy atom. The normalized spacial score (nSPS) is 20.1. The Morgan fingerprint density at radius 2 is 1.90 bits per heavy atom. The molecule has 10 heavy (non-hydrogen) atoms. The summed E-state index contributed by atoms with van der Waals surface area (Å²) in [5.41, 5.74) is 0. The van der Waals surface area contributed by atoms with Crippen molar-refractivity contribution in [1.29, 1.82) is 0 Å². The molecule has 1 radical (unpaired) electrons. The maximum atomic E-state index is 8.89. The third-order valence-corrected chi connectivity index (χ3v) is 1.36. The molecule has 0 aromatic carbocycles. The van der Waals surface area contributed by atoms with Gasteiger partial charge in [0.15, 0.2) is 0 Å². The number of aliphatic hydroxyl groups excluding tert-OH is 4. The standard InChI is InChI=1S/C6H13O4/c1-4(9)5(2-7)6(10)3-8/h2,4-10H,3H2,1H3. The molecule has 0 saturated carbocycles. The van der Waals surface area contributed by atoms with Crippen molar-refractivity contribution in [3.8, 4) is 0 Å². The maximum Gasteiger partial charge on any atom is 0.0882 e. The molecule has 0 spiro atoms. The van der Waals surface area contributed by atoms with Crippen LogP contribution in [0, 0.1) is 12.5 Å². The Hall–Kier alpha value is -0.160. The Labute approximate surface area is 59.7 Å². The van der Waals surface area contributed by atoms with E-state index in [1.807, 2.05) is 0 Å². The molecule has 0 aromatic heterocycles. The second kappa shape index (κ2) is 4.62. The van der Waals surface area contributed by atoms with E-state index in [1.54, 1.807) is 0 Å². The van der Waals surface area contributed by atoms with E-state index in [0.717, 1.165) is 0 Å². The Kier molecular flexibility index (Phi) is 4.55. The molecule has 4 nitrogen and oxygen atoms in total. The van der Waals surface area contributed by atoms with Gasteiger partial charge in [0.05, 0.1) is 25.4 Å². The molecule has 4 N–H and O–H groups in total. The third kappa shape index (κ3) is 2.62. The minimum Gasteiger partial charge on any atom is -0.394 e. The number of aliphatic hydroxyl groups is 4. The van der Waals surface area contributed by atoms with E-state index in [-0.39, 0.29) is 0 Å². The Balaban J connectivity index is 3.80. The van der Waals surface area contributed by atoms with Gasteiger partial charge in [0, 0.05) is 5.92 Å². The fourth-order valence-corrected chi connectivity index (χ4v) is 0.667. The molecule has 0 rings (SSSR count). The summed E-state index contributed by atoms with van der Waals surface area (Å²) < 4.78 is 0. The van der Waals surface area contributed by atoms with Crippen LogP contribution >= 0.6 is 0 Å². The summed E-state index contributed by atoms with van der Waals surface area (Å²) in [5.74, 6) is -0.773. The first-order valence-corrected chi connectivity index (χ1v) is 3.08. The highest BCUT2D eigenvalue weighted by atomic mass is 16.3. The van der Waals surface area contributed by atoms with Gasteiger partial charge in [0.2, 0.25) is 0 Å². The second-order valence-electron chi connectivity index (χ2n) is 2.22. The predicted molar refractivity (Wildman–Crippen MR) is 34.5 cm³/mol. The van der Waals surface area contributed by atoms with E-state index < -0.39 is 24.7 Å². The van der Waals surface area contributed by atoms with Gasteiger partial charge < -0.3 is 20.4 Å². The maximum absolute atomic E-state index is 8.89. The van der Waals surface area contributed by atoms with Crippen LogP contribution in [-0.2, 0) is 0 Å². The molecule has 0 amide bonds. The summed E-state index contributed by atoms with van der Waals surface area (Å²) in [6.07, 6.45) is -1.95. The smallest absolute Gasteiger partial charge is 0.0882 e. The molecule has 61 valence electrons. The van der Waals surface area contributed by atoms with Crippen LogP contribution in [0.15, 0.2) is 0 Å². The summed E-state index contributed by atoms with van der Waals surface area (Å²) in [6, 6.07) is 0. The lowest BCUT2D eigenvalue weighted by Gasteiger charge is -2.20. The minimum atomic E-state index is -1.09. The lowest BCUT2D eigenvalue weighted by Crippen LogP contribution is -2.32. The number of hydrogen-bond donors (Lipinski definition) is 4. The molecule has 4 heteroatoms. The lowest BCUT2D eigenvalue weighted by atomic mass is 9.99. The molecule has 0 aliphatic heterocycles. The van der Waals surface area contributed by atoms with Crippen LogP contribution in [0.2, 0.25) is 0 Å². The average Bonchev–Trinajstić information content (AvgIpc) is 1.88. The van der Waals surface area contributed by atoms with E-state index in [0.29, 0.717) is 6.61 Å². The van der Waals surface area contributed by atoms with E-state index >= 15 is 0 Å². The molecule has 0 saturated heterocycles. The largest absolute Gasteiger partial charge is 0.394 e. The van der Waals surface area contributed by atoms with Crippen LogP contribution in [0.3, 0.4) is 0 Å². The van der Waals surface area contributed by atoms with Gasteiger partial charge >= 0.3 is 0 Å². The third-order valence-electron chi connectivity index (χ3n) is 1.36. The summed E-state index contributed by atoms with van der Waals surface area (Å²) in [4.78, 5) is 0. The van der Waals surface area contributed by atoms with Crippen LogP contribution in [0.1, 0.15) is 6.92 Å². The van der Waals surface area contributed by atoms with Gasteiger partial charge in [-0.25, -0.2) is 0 Å². The highest BCUT2D eigenvalue weighted by Crippen LogP contribution is 2.10. The van der Waals surface area contributed by atoms with Crippen molar-refractivity contribution in [3.63, 3.8) is 0 Å². The molecule has 0 heterocycles. The monoisotopic (exact) mass is 149 g/mol. The number of rotatable bonds is 4. The summed E-state index contributed by atoms with van der Waals surface area (Å²) in [5, 5.41) is 34.6. The average molecular weight is 149 g/mol. The number of hydrogen-bond acceptors (Lipinski definition) is 4. The van der Waals surface area contributed by atoms with Crippen molar-refractivity contribution in [3.05, 3.63) is 6.61 Å². The Morgan fingerprint density at radius 3 is 2.00 bits per heavy atom. The quantitative estimate of drug-likeness (QED) is 0.408. The summed E-state index contributed by atoms with van der Waals surface area (Å²) in [7, 11) is 0. The zero-order valence-electron chi connectivity index (χ0n) is 5.81. The van der Waals surface area contributed by atoms with Crippen LogP contribution in [0.4, 0.5) is 0 Å². The lowest BCUT2D eigenvalue weighted by molar-refractivity contribution is -0.0123. The predicted octanol–water partition coefficient (Wildman–Crippen LogP) is -1.13. The highest BCUT2D eigenvalue weighted by molar-refractivity contribution is 4.78. The molecular formula is C6H13O4. The van der Waals surface area contributed by atoms with Gasteiger partial charge in [0.25, 0.3) is 0 Å². The van der Waals surface area contributed by atoms with Gasteiger partial charge in [-0.15, -0.1) is 0 Å². The van der Waals surface area contributed by atoms with Gasteiger partial charge in [-0.2, -0.15) is 0 Å². The minimum absolute atomic E-state index is 0.466. The molecule has 0 aliphatic rings. The highest BCUT2D eigenvalue weighted by Gasteiger charge is 2.22. The van der Waals surface area contributed by atoms with Gasteiger partial charge in [0.1, 0.15) is 0 Å². The van der Waals surface area contributed by atoms with Crippen LogP contribution in [0.25, 0.3) is 0 Å². The first-order valence-electron chi connectivity index (χ1n) is 3.08. The molecule has 0 aliphatic carbocycles. The molecule has 3 atom stereocenters. The second-order valence-corrected chi connectivity index (χ2v) is 2.22. The zero-order valence-corrected chi connectivity index (χ0v) is 5.81. The summed E-state index contributed by atoms with van der Waals surface area (Å²) >= 11 is 0.